The first-order valence-corrected chi connectivity index (χ1v) is 22.2. The number of carbonyl (C=O) groups excluding carboxylic acids is 2. The van der Waals surface area contributed by atoms with E-state index in [1.54, 1.807) is 0 Å². The van der Waals surface area contributed by atoms with Crippen molar-refractivity contribution in [3.63, 3.8) is 0 Å². The number of nitriles is 1. The molecule has 50 heavy (non-hydrogen) atoms. The minimum absolute atomic E-state index is 0.0136. The lowest BCUT2D eigenvalue weighted by molar-refractivity contribution is -0.146. The number of esters is 2. The molecule has 5 nitrogen and oxygen atoms in total. The third-order valence-corrected chi connectivity index (χ3v) is 10.7. The second-order valence-electron chi connectivity index (χ2n) is 15.6. The highest BCUT2D eigenvalue weighted by molar-refractivity contribution is 5.70. The third-order valence-electron chi connectivity index (χ3n) is 10.7. The van der Waals surface area contributed by atoms with E-state index in [-0.39, 0.29) is 11.9 Å². The van der Waals surface area contributed by atoms with E-state index in [4.69, 9.17) is 9.47 Å². The van der Waals surface area contributed by atoms with Crippen LogP contribution in [0.1, 0.15) is 240 Å². The summed E-state index contributed by atoms with van der Waals surface area (Å²) in [6.07, 6.45) is 38.2. The Hall–Kier alpha value is -1.57. The Balaban J connectivity index is 3.70. The predicted molar refractivity (Wildman–Crippen MR) is 213 cm³/mol. The highest BCUT2D eigenvalue weighted by Crippen LogP contribution is 2.23. The number of hydrogen-bond donors (Lipinski definition) is 0. The van der Waals surface area contributed by atoms with Gasteiger partial charge in [-0.25, -0.2) is 0 Å². The van der Waals surface area contributed by atoms with Crippen molar-refractivity contribution >= 4 is 11.9 Å². The molecule has 0 aromatic heterocycles. The highest BCUT2D eigenvalue weighted by atomic mass is 16.5. The quantitative estimate of drug-likeness (QED) is 0.0470. The third kappa shape index (κ3) is 33.6. The van der Waals surface area contributed by atoms with Crippen molar-refractivity contribution < 1.29 is 19.1 Å². The summed E-state index contributed by atoms with van der Waals surface area (Å²) in [6, 6.07) is 2.44. The molecule has 0 amide bonds. The molecule has 0 spiro atoms. The van der Waals surface area contributed by atoms with Crippen LogP contribution in [0.3, 0.4) is 0 Å². The van der Waals surface area contributed by atoms with E-state index in [1.165, 1.54) is 141 Å². The summed E-state index contributed by atoms with van der Waals surface area (Å²) in [4.78, 5) is 24.5. The number of rotatable bonds is 39. The van der Waals surface area contributed by atoms with Gasteiger partial charge in [-0.05, 0) is 69.1 Å². The van der Waals surface area contributed by atoms with Crippen molar-refractivity contribution in [1.82, 2.24) is 0 Å². The Morgan fingerprint density at radius 1 is 0.420 bits per heavy atom. The Morgan fingerprint density at radius 2 is 0.700 bits per heavy atom. The molecule has 0 aliphatic carbocycles. The number of ether oxygens (including phenoxy) is 2. The molecule has 0 bridgehead atoms. The van der Waals surface area contributed by atoms with Gasteiger partial charge in [0.1, 0.15) is 0 Å². The van der Waals surface area contributed by atoms with E-state index in [2.05, 4.69) is 33.8 Å². The average molecular weight is 704 g/mol. The second kappa shape index (κ2) is 38.7. The van der Waals surface area contributed by atoms with Gasteiger partial charge in [-0.2, -0.15) is 5.26 Å². The first-order valence-electron chi connectivity index (χ1n) is 22.2. The molecule has 0 unspecified atom stereocenters. The summed E-state index contributed by atoms with van der Waals surface area (Å²) < 4.78 is 11.1. The number of hydrogen-bond acceptors (Lipinski definition) is 5. The molecule has 0 radical (unpaired) electrons. The van der Waals surface area contributed by atoms with Crippen LogP contribution in [0, 0.1) is 29.1 Å². The van der Waals surface area contributed by atoms with E-state index in [0.29, 0.717) is 50.2 Å². The fraction of sp³-hybridized carbons (Fsp3) is 0.933. The van der Waals surface area contributed by atoms with E-state index in [0.717, 1.165) is 51.4 Å². The molecule has 0 heterocycles. The molecule has 0 saturated carbocycles. The van der Waals surface area contributed by atoms with Crippen LogP contribution in [0.25, 0.3) is 0 Å². The number of nitrogens with zero attached hydrogens (tertiary/aromatic N) is 1. The van der Waals surface area contributed by atoms with Gasteiger partial charge in [-0.3, -0.25) is 9.59 Å². The number of carbonyl (C=O) groups is 2. The van der Waals surface area contributed by atoms with Crippen LogP contribution in [0.2, 0.25) is 0 Å². The summed E-state index contributed by atoms with van der Waals surface area (Å²) in [7, 11) is 0. The van der Waals surface area contributed by atoms with E-state index >= 15 is 0 Å². The summed E-state index contributed by atoms with van der Waals surface area (Å²) in [6.45, 7) is 10.1. The maximum absolute atomic E-state index is 12.3. The van der Waals surface area contributed by atoms with Crippen LogP contribution in [0.4, 0.5) is 0 Å². The van der Waals surface area contributed by atoms with Crippen LogP contribution >= 0.6 is 0 Å². The maximum Gasteiger partial charge on any atom is 0.306 e. The van der Waals surface area contributed by atoms with Gasteiger partial charge in [0, 0.05) is 19.3 Å². The van der Waals surface area contributed by atoms with Crippen molar-refractivity contribution in [2.24, 2.45) is 17.8 Å². The summed E-state index contributed by atoms with van der Waals surface area (Å²) >= 11 is 0. The Bertz CT molecular complexity index is 706. The highest BCUT2D eigenvalue weighted by Gasteiger charge is 2.15. The Morgan fingerprint density at radius 3 is 1.00 bits per heavy atom. The van der Waals surface area contributed by atoms with Gasteiger partial charge in [0.25, 0.3) is 0 Å². The predicted octanol–water partition coefficient (Wildman–Crippen LogP) is 14.4. The summed E-state index contributed by atoms with van der Waals surface area (Å²) in [5, 5.41) is 9.32. The molecule has 0 aromatic rings. The number of unbranched alkanes of at least 4 members (excludes halogenated alkanes) is 18. The molecule has 294 valence electrons. The molecule has 0 aromatic carbocycles. The van der Waals surface area contributed by atoms with Crippen molar-refractivity contribution in [2.45, 2.75) is 240 Å². The zero-order valence-electron chi connectivity index (χ0n) is 34.1. The smallest absolute Gasteiger partial charge is 0.306 e. The Kier molecular flexibility index (Phi) is 37.4. The van der Waals surface area contributed by atoms with Crippen LogP contribution in [-0.2, 0) is 19.1 Å². The first kappa shape index (κ1) is 48.4. The monoisotopic (exact) mass is 704 g/mol. The normalized spacial score (nSPS) is 11.5. The lowest BCUT2D eigenvalue weighted by Crippen LogP contribution is -2.12. The second-order valence-corrected chi connectivity index (χ2v) is 15.6. The van der Waals surface area contributed by atoms with Crippen LogP contribution in [0.5, 0.6) is 0 Å². The van der Waals surface area contributed by atoms with Crippen LogP contribution < -0.4 is 0 Å². The molecule has 0 aliphatic rings. The minimum Gasteiger partial charge on any atom is -0.466 e. The zero-order valence-corrected chi connectivity index (χ0v) is 34.1. The van der Waals surface area contributed by atoms with E-state index in [1.807, 2.05) is 0 Å². The van der Waals surface area contributed by atoms with E-state index in [9.17, 15) is 14.9 Å². The van der Waals surface area contributed by atoms with Gasteiger partial charge < -0.3 is 9.47 Å². The van der Waals surface area contributed by atoms with Gasteiger partial charge >= 0.3 is 11.9 Å². The summed E-state index contributed by atoms with van der Waals surface area (Å²) in [5.74, 6) is 1.62. The molecule has 0 atom stereocenters. The zero-order chi connectivity index (χ0) is 36.8. The SMILES string of the molecule is CCCCC(CCCC)CC(=O)OCCCCCCCCCCC(CC#N)CCCCCCCCCCOC(=O)CC(CCCC)CCCC. The van der Waals surface area contributed by atoms with E-state index < -0.39 is 0 Å². The largest absolute Gasteiger partial charge is 0.466 e. The van der Waals surface area contributed by atoms with Gasteiger partial charge in [0.15, 0.2) is 0 Å². The molecule has 0 N–H and O–H groups in total. The first-order chi connectivity index (χ1) is 24.5. The van der Waals surface area contributed by atoms with Crippen LogP contribution in [-0.4, -0.2) is 25.2 Å². The van der Waals surface area contributed by atoms with Gasteiger partial charge in [-0.1, -0.05) is 169 Å². The van der Waals surface area contributed by atoms with Crippen molar-refractivity contribution in [3.05, 3.63) is 0 Å². The topological polar surface area (TPSA) is 76.4 Å². The summed E-state index contributed by atoms with van der Waals surface area (Å²) in [5.41, 5.74) is 0. The van der Waals surface area contributed by atoms with Crippen molar-refractivity contribution in [3.8, 4) is 6.07 Å². The Labute approximate surface area is 312 Å². The fourth-order valence-electron chi connectivity index (χ4n) is 7.30. The molecular weight excluding hydrogens is 618 g/mol. The van der Waals surface area contributed by atoms with Crippen molar-refractivity contribution in [2.75, 3.05) is 13.2 Å². The molecule has 5 heteroatoms. The minimum atomic E-state index is 0.0136. The molecule has 0 aliphatic heterocycles. The molecule has 0 rings (SSSR count). The van der Waals surface area contributed by atoms with Crippen LogP contribution in [0.15, 0.2) is 0 Å². The molecule has 0 fully saturated rings. The molecular formula is C45H85NO4. The van der Waals surface area contributed by atoms with Gasteiger partial charge in [0.05, 0.1) is 19.3 Å². The molecule has 0 saturated heterocycles. The fourth-order valence-corrected chi connectivity index (χ4v) is 7.30. The standard InChI is InChI=1S/C45H85NO4/c1-5-9-29-42(30-10-6-2)39-44(47)49-37-27-23-19-15-13-17-21-25-33-41(35-36-46)34-26-22-18-14-16-20-24-28-38-50-45(48)40-43(31-11-7-3)32-12-8-4/h41-43H,5-35,37-40H2,1-4H3. The van der Waals surface area contributed by atoms with Crippen molar-refractivity contribution in [1.29, 1.82) is 5.26 Å². The lowest BCUT2D eigenvalue weighted by Gasteiger charge is -2.15. The maximum atomic E-state index is 12.3. The van der Waals surface area contributed by atoms with Gasteiger partial charge in [0.2, 0.25) is 0 Å². The lowest BCUT2D eigenvalue weighted by atomic mass is 9.92. The average Bonchev–Trinajstić information content (AvgIpc) is 3.11. The van der Waals surface area contributed by atoms with Gasteiger partial charge in [-0.15, -0.1) is 0 Å².